The summed E-state index contributed by atoms with van der Waals surface area (Å²) in [6.07, 6.45) is 0.902. The van der Waals surface area contributed by atoms with Crippen molar-refractivity contribution in [2.45, 2.75) is 12.5 Å². The van der Waals surface area contributed by atoms with Gasteiger partial charge in [-0.05, 0) is 42.8 Å². The maximum Gasteiger partial charge on any atom is 0.252 e. The van der Waals surface area contributed by atoms with Gasteiger partial charge >= 0.3 is 0 Å². The van der Waals surface area contributed by atoms with Gasteiger partial charge in [0, 0.05) is 25.2 Å². The molecule has 2 amide bonds. The number of ether oxygens (including phenoxy) is 1. The first-order valence-electron chi connectivity index (χ1n) is 9.18. The Morgan fingerprint density at radius 3 is 2.48 bits per heavy atom. The molecule has 1 aliphatic rings. The third-order valence-electron chi connectivity index (χ3n) is 4.66. The lowest BCUT2D eigenvalue weighted by Crippen LogP contribution is -2.44. The standard InChI is InChI=1S/C21H25N3O3/c1-27-18-10-8-17(9-11-18)20(25)23-19(16-6-3-2-4-7-16)21(26)24-14-5-12-22-13-15-24/h2-4,6-11,19,22H,5,12-15H2,1H3,(H,23,25). The van der Waals surface area contributed by atoms with Crippen LogP contribution in [0.3, 0.4) is 0 Å². The topological polar surface area (TPSA) is 70.7 Å². The van der Waals surface area contributed by atoms with Gasteiger partial charge in [0.1, 0.15) is 11.8 Å². The summed E-state index contributed by atoms with van der Waals surface area (Å²) in [6, 6.07) is 15.5. The number of rotatable bonds is 5. The van der Waals surface area contributed by atoms with E-state index in [9.17, 15) is 9.59 Å². The van der Waals surface area contributed by atoms with Crippen molar-refractivity contribution in [1.29, 1.82) is 0 Å². The Balaban J connectivity index is 1.81. The fourth-order valence-corrected chi connectivity index (χ4v) is 3.14. The molecule has 142 valence electrons. The summed E-state index contributed by atoms with van der Waals surface area (Å²) in [4.78, 5) is 27.8. The molecular weight excluding hydrogens is 342 g/mol. The van der Waals surface area contributed by atoms with Gasteiger partial charge in [-0.25, -0.2) is 0 Å². The zero-order valence-corrected chi connectivity index (χ0v) is 15.5. The second-order valence-electron chi connectivity index (χ2n) is 6.47. The molecule has 0 radical (unpaired) electrons. The molecule has 1 unspecified atom stereocenters. The largest absolute Gasteiger partial charge is 0.497 e. The molecule has 1 fully saturated rings. The van der Waals surface area contributed by atoms with Gasteiger partial charge in [-0.1, -0.05) is 30.3 Å². The molecular formula is C21H25N3O3. The molecule has 1 heterocycles. The third-order valence-corrected chi connectivity index (χ3v) is 4.66. The average molecular weight is 367 g/mol. The Bertz CT molecular complexity index is 754. The molecule has 0 bridgehead atoms. The summed E-state index contributed by atoms with van der Waals surface area (Å²) in [5.74, 6) is 0.318. The zero-order chi connectivity index (χ0) is 19.1. The Morgan fingerprint density at radius 1 is 1.04 bits per heavy atom. The second kappa shape index (κ2) is 9.19. The number of nitrogens with one attached hydrogen (secondary N) is 2. The van der Waals surface area contributed by atoms with Crippen molar-refractivity contribution in [3.05, 3.63) is 65.7 Å². The number of carbonyl (C=O) groups is 2. The van der Waals surface area contributed by atoms with E-state index in [0.29, 0.717) is 24.4 Å². The quantitative estimate of drug-likeness (QED) is 0.848. The molecule has 2 aromatic carbocycles. The summed E-state index contributed by atoms with van der Waals surface area (Å²) in [5.41, 5.74) is 1.27. The Kier molecular flexibility index (Phi) is 6.44. The number of hydrogen-bond donors (Lipinski definition) is 2. The lowest BCUT2D eigenvalue weighted by atomic mass is 10.0. The van der Waals surface area contributed by atoms with Crippen molar-refractivity contribution < 1.29 is 14.3 Å². The van der Waals surface area contributed by atoms with E-state index in [0.717, 1.165) is 25.1 Å². The monoisotopic (exact) mass is 367 g/mol. The smallest absolute Gasteiger partial charge is 0.252 e. The highest BCUT2D eigenvalue weighted by atomic mass is 16.5. The third kappa shape index (κ3) is 4.86. The van der Waals surface area contributed by atoms with Gasteiger partial charge in [-0.2, -0.15) is 0 Å². The molecule has 0 saturated carbocycles. The van der Waals surface area contributed by atoms with E-state index in [1.807, 2.05) is 35.2 Å². The fourth-order valence-electron chi connectivity index (χ4n) is 3.14. The number of benzene rings is 2. The minimum Gasteiger partial charge on any atom is -0.497 e. The summed E-state index contributed by atoms with van der Waals surface area (Å²) < 4.78 is 5.13. The highest BCUT2D eigenvalue weighted by Gasteiger charge is 2.28. The fraction of sp³-hybridized carbons (Fsp3) is 0.333. The molecule has 6 heteroatoms. The van der Waals surface area contributed by atoms with Crippen molar-refractivity contribution in [2.24, 2.45) is 0 Å². The lowest BCUT2D eigenvalue weighted by molar-refractivity contribution is -0.133. The molecule has 1 aliphatic heterocycles. The van der Waals surface area contributed by atoms with Crippen LogP contribution in [-0.2, 0) is 4.79 Å². The molecule has 0 spiro atoms. The summed E-state index contributed by atoms with van der Waals surface area (Å²) >= 11 is 0. The van der Waals surface area contributed by atoms with Gasteiger partial charge in [0.15, 0.2) is 0 Å². The van der Waals surface area contributed by atoms with Gasteiger partial charge in [0.2, 0.25) is 5.91 Å². The predicted octanol–water partition coefficient (Wildman–Crippen LogP) is 1.99. The minimum atomic E-state index is -0.709. The van der Waals surface area contributed by atoms with Crippen LogP contribution in [0.1, 0.15) is 28.4 Å². The Labute approximate surface area is 159 Å². The van der Waals surface area contributed by atoms with E-state index in [2.05, 4.69) is 10.6 Å². The molecule has 6 nitrogen and oxygen atoms in total. The van der Waals surface area contributed by atoms with Crippen LogP contribution in [0, 0.1) is 0 Å². The van der Waals surface area contributed by atoms with Crippen molar-refractivity contribution >= 4 is 11.8 Å². The van der Waals surface area contributed by atoms with Crippen molar-refractivity contribution in [3.63, 3.8) is 0 Å². The number of amides is 2. The average Bonchev–Trinajstić information content (AvgIpc) is 3.01. The maximum absolute atomic E-state index is 13.2. The first-order valence-corrected chi connectivity index (χ1v) is 9.18. The van der Waals surface area contributed by atoms with Gasteiger partial charge < -0.3 is 20.3 Å². The van der Waals surface area contributed by atoms with E-state index in [1.165, 1.54) is 0 Å². The van der Waals surface area contributed by atoms with Crippen LogP contribution in [0.2, 0.25) is 0 Å². The number of carbonyl (C=O) groups excluding carboxylic acids is 2. The highest BCUT2D eigenvalue weighted by molar-refractivity contribution is 5.98. The summed E-state index contributed by atoms with van der Waals surface area (Å²) in [5, 5.41) is 6.21. The lowest BCUT2D eigenvalue weighted by Gasteiger charge is -2.27. The normalized spacial score (nSPS) is 15.5. The number of nitrogens with zero attached hydrogens (tertiary/aromatic N) is 1. The van der Waals surface area contributed by atoms with Gasteiger partial charge in [0.25, 0.3) is 5.91 Å². The van der Waals surface area contributed by atoms with Crippen LogP contribution >= 0.6 is 0 Å². The van der Waals surface area contributed by atoms with Crippen LogP contribution in [0.4, 0.5) is 0 Å². The summed E-state index contributed by atoms with van der Waals surface area (Å²) in [6.45, 7) is 2.99. The van der Waals surface area contributed by atoms with Crippen molar-refractivity contribution in [3.8, 4) is 5.75 Å². The van der Waals surface area contributed by atoms with E-state index < -0.39 is 6.04 Å². The number of methoxy groups -OCH3 is 1. The first kappa shape index (κ1) is 18.9. The van der Waals surface area contributed by atoms with Crippen molar-refractivity contribution in [2.75, 3.05) is 33.3 Å². The van der Waals surface area contributed by atoms with E-state index >= 15 is 0 Å². The van der Waals surface area contributed by atoms with E-state index in [-0.39, 0.29) is 11.8 Å². The highest BCUT2D eigenvalue weighted by Crippen LogP contribution is 2.18. The minimum absolute atomic E-state index is 0.0771. The first-order chi connectivity index (χ1) is 13.2. The summed E-state index contributed by atoms with van der Waals surface area (Å²) in [7, 11) is 1.58. The van der Waals surface area contributed by atoms with E-state index in [1.54, 1.807) is 31.4 Å². The van der Waals surface area contributed by atoms with Crippen LogP contribution in [-0.4, -0.2) is 50.0 Å². The van der Waals surface area contributed by atoms with Gasteiger partial charge in [0.05, 0.1) is 7.11 Å². The Morgan fingerprint density at radius 2 is 1.78 bits per heavy atom. The van der Waals surface area contributed by atoms with Crippen molar-refractivity contribution in [1.82, 2.24) is 15.5 Å². The molecule has 2 N–H and O–H groups in total. The predicted molar refractivity (Wildman–Crippen MR) is 104 cm³/mol. The molecule has 0 aromatic heterocycles. The van der Waals surface area contributed by atoms with Crippen LogP contribution in [0.5, 0.6) is 5.75 Å². The van der Waals surface area contributed by atoms with Crippen LogP contribution in [0.15, 0.2) is 54.6 Å². The Hall–Kier alpha value is -2.86. The molecule has 2 aromatic rings. The molecule has 1 saturated heterocycles. The van der Waals surface area contributed by atoms with Gasteiger partial charge in [-0.3, -0.25) is 9.59 Å². The SMILES string of the molecule is COc1ccc(C(=O)NC(C(=O)N2CCCNCC2)c2ccccc2)cc1. The molecule has 0 aliphatic carbocycles. The van der Waals surface area contributed by atoms with Crippen LogP contribution < -0.4 is 15.4 Å². The molecule has 3 rings (SSSR count). The van der Waals surface area contributed by atoms with Crippen LogP contribution in [0.25, 0.3) is 0 Å². The maximum atomic E-state index is 13.2. The molecule has 27 heavy (non-hydrogen) atoms. The molecule has 1 atom stereocenters. The second-order valence-corrected chi connectivity index (χ2v) is 6.47. The number of hydrogen-bond acceptors (Lipinski definition) is 4. The zero-order valence-electron chi connectivity index (χ0n) is 15.5. The van der Waals surface area contributed by atoms with Gasteiger partial charge in [-0.15, -0.1) is 0 Å². The van der Waals surface area contributed by atoms with E-state index in [4.69, 9.17) is 4.74 Å².